The Kier molecular flexibility index (Phi) is 7.68. The van der Waals surface area contributed by atoms with Gasteiger partial charge in [-0.05, 0) is 12.8 Å². The lowest BCUT2D eigenvalue weighted by Gasteiger charge is -2.06. The first-order valence-electron chi connectivity index (χ1n) is 3.16. The molecule has 2 nitrogen and oxygen atoms in total. The first kappa shape index (κ1) is 10.3. The third-order valence-electron chi connectivity index (χ3n) is 1.07. The van der Waals surface area contributed by atoms with Crippen molar-refractivity contribution in [2.24, 2.45) is 0 Å². The average molecular weight is 179 g/mol. The molecule has 0 spiro atoms. The molecule has 4 heteroatoms. The van der Waals surface area contributed by atoms with E-state index in [4.69, 9.17) is 0 Å². The Morgan fingerprint density at radius 1 is 1.80 bits per heavy atom. The standard InChI is InChI=1S/C6H13NOS2/c1-7-6(4-8)5-10-3-2-9/h4,6-7,9H,2-3,5H2,1H3. The van der Waals surface area contributed by atoms with Gasteiger partial charge in [-0.25, -0.2) is 0 Å². The van der Waals surface area contributed by atoms with Crippen molar-refractivity contribution in [3.05, 3.63) is 0 Å². The normalized spacial score (nSPS) is 13.0. The Morgan fingerprint density at radius 2 is 2.50 bits per heavy atom. The molecule has 1 N–H and O–H groups in total. The summed E-state index contributed by atoms with van der Waals surface area (Å²) in [7, 11) is 1.79. The zero-order valence-electron chi connectivity index (χ0n) is 6.04. The van der Waals surface area contributed by atoms with Gasteiger partial charge in [-0.1, -0.05) is 0 Å². The average Bonchev–Trinajstić information content (AvgIpc) is 1.99. The number of rotatable bonds is 6. The number of carbonyl (C=O) groups excluding carboxylic acids is 1. The van der Waals surface area contributed by atoms with Crippen LogP contribution in [-0.2, 0) is 4.79 Å². The van der Waals surface area contributed by atoms with E-state index in [1.54, 1.807) is 18.8 Å². The molecule has 0 aromatic heterocycles. The van der Waals surface area contributed by atoms with Gasteiger partial charge in [-0.3, -0.25) is 0 Å². The molecule has 0 aromatic carbocycles. The molecule has 0 radical (unpaired) electrons. The van der Waals surface area contributed by atoms with Crippen LogP contribution in [0, 0.1) is 0 Å². The molecule has 0 saturated heterocycles. The van der Waals surface area contributed by atoms with Gasteiger partial charge in [-0.15, -0.1) is 0 Å². The maximum absolute atomic E-state index is 10.2. The van der Waals surface area contributed by atoms with Crippen LogP contribution in [0.4, 0.5) is 0 Å². The maximum Gasteiger partial charge on any atom is 0.137 e. The minimum Gasteiger partial charge on any atom is -0.310 e. The number of nitrogens with one attached hydrogen (secondary N) is 1. The number of aldehydes is 1. The number of thiol groups is 1. The van der Waals surface area contributed by atoms with Gasteiger partial charge in [0.05, 0.1) is 6.04 Å². The van der Waals surface area contributed by atoms with Crippen molar-refractivity contribution < 1.29 is 4.79 Å². The van der Waals surface area contributed by atoms with E-state index in [1.165, 1.54) is 0 Å². The van der Waals surface area contributed by atoms with Crippen LogP contribution < -0.4 is 5.32 Å². The highest BCUT2D eigenvalue weighted by Crippen LogP contribution is 2.01. The van der Waals surface area contributed by atoms with Crippen LogP contribution in [0.5, 0.6) is 0 Å². The number of carbonyl (C=O) groups is 1. The number of hydrogen-bond donors (Lipinski definition) is 2. The van der Waals surface area contributed by atoms with Crippen LogP contribution in [0.1, 0.15) is 0 Å². The predicted octanol–water partition coefficient (Wildman–Crippen LogP) is 0.436. The van der Waals surface area contributed by atoms with Gasteiger partial charge >= 0.3 is 0 Å². The molecule has 0 aliphatic heterocycles. The molecule has 0 amide bonds. The Morgan fingerprint density at radius 3 is 2.90 bits per heavy atom. The summed E-state index contributed by atoms with van der Waals surface area (Å²) in [6.45, 7) is 0. The number of thioether (sulfide) groups is 1. The zero-order valence-corrected chi connectivity index (χ0v) is 7.75. The van der Waals surface area contributed by atoms with Crippen LogP contribution in [0.15, 0.2) is 0 Å². The molecular weight excluding hydrogens is 166 g/mol. The lowest BCUT2D eigenvalue weighted by atomic mass is 10.4. The van der Waals surface area contributed by atoms with Gasteiger partial charge in [0.15, 0.2) is 0 Å². The fourth-order valence-corrected chi connectivity index (χ4v) is 1.65. The first-order valence-corrected chi connectivity index (χ1v) is 4.95. The fraction of sp³-hybridized carbons (Fsp3) is 0.833. The second-order valence-electron chi connectivity index (χ2n) is 1.83. The van der Waals surface area contributed by atoms with Crippen molar-refractivity contribution in [3.8, 4) is 0 Å². The van der Waals surface area contributed by atoms with E-state index in [0.29, 0.717) is 0 Å². The SMILES string of the molecule is CNC(C=O)CSCCS. The van der Waals surface area contributed by atoms with Crippen LogP contribution >= 0.6 is 24.4 Å². The van der Waals surface area contributed by atoms with Crippen LogP contribution in [0.2, 0.25) is 0 Å². The second-order valence-corrected chi connectivity index (χ2v) is 3.43. The van der Waals surface area contributed by atoms with Gasteiger partial charge in [0, 0.05) is 11.5 Å². The molecule has 10 heavy (non-hydrogen) atoms. The van der Waals surface area contributed by atoms with Crippen molar-refractivity contribution >= 4 is 30.7 Å². The van der Waals surface area contributed by atoms with Gasteiger partial charge < -0.3 is 10.1 Å². The van der Waals surface area contributed by atoms with Gasteiger partial charge in [-0.2, -0.15) is 24.4 Å². The molecular formula is C6H13NOS2. The lowest BCUT2D eigenvalue weighted by molar-refractivity contribution is -0.109. The van der Waals surface area contributed by atoms with Gasteiger partial charge in [0.25, 0.3) is 0 Å². The highest BCUT2D eigenvalue weighted by Gasteiger charge is 2.01. The molecule has 0 aliphatic carbocycles. The molecule has 0 aromatic rings. The topological polar surface area (TPSA) is 29.1 Å². The van der Waals surface area contributed by atoms with Crippen LogP contribution in [-0.4, -0.2) is 36.6 Å². The summed E-state index contributed by atoms with van der Waals surface area (Å²) in [5.41, 5.74) is 0. The summed E-state index contributed by atoms with van der Waals surface area (Å²) in [6.07, 6.45) is 0.936. The summed E-state index contributed by atoms with van der Waals surface area (Å²) < 4.78 is 0. The fourth-order valence-electron chi connectivity index (χ4n) is 0.466. The van der Waals surface area contributed by atoms with Crippen LogP contribution in [0.25, 0.3) is 0 Å². The van der Waals surface area contributed by atoms with Crippen molar-refractivity contribution in [3.63, 3.8) is 0 Å². The van der Waals surface area contributed by atoms with Gasteiger partial charge in [0.1, 0.15) is 6.29 Å². The smallest absolute Gasteiger partial charge is 0.137 e. The van der Waals surface area contributed by atoms with E-state index in [9.17, 15) is 4.79 Å². The molecule has 0 aliphatic rings. The van der Waals surface area contributed by atoms with E-state index in [2.05, 4.69) is 17.9 Å². The zero-order chi connectivity index (χ0) is 7.82. The van der Waals surface area contributed by atoms with Gasteiger partial charge in [0.2, 0.25) is 0 Å². The molecule has 1 atom stereocenters. The van der Waals surface area contributed by atoms with Crippen molar-refractivity contribution in [1.82, 2.24) is 5.32 Å². The highest BCUT2D eigenvalue weighted by molar-refractivity contribution is 8.00. The molecule has 1 unspecified atom stereocenters. The monoisotopic (exact) mass is 179 g/mol. The largest absolute Gasteiger partial charge is 0.310 e. The van der Waals surface area contributed by atoms with Crippen molar-refractivity contribution in [2.75, 3.05) is 24.3 Å². The molecule has 0 rings (SSSR count). The Hall–Kier alpha value is 0.330. The van der Waals surface area contributed by atoms with E-state index < -0.39 is 0 Å². The van der Waals surface area contributed by atoms with Crippen molar-refractivity contribution in [1.29, 1.82) is 0 Å². The molecule has 0 heterocycles. The summed E-state index contributed by atoms with van der Waals surface area (Å²) in [4.78, 5) is 10.2. The highest BCUT2D eigenvalue weighted by atomic mass is 32.2. The molecule has 0 saturated carbocycles. The summed E-state index contributed by atoms with van der Waals surface area (Å²) >= 11 is 5.79. The maximum atomic E-state index is 10.2. The minimum atomic E-state index is 0.00452. The van der Waals surface area contributed by atoms with E-state index in [0.717, 1.165) is 23.5 Å². The Balaban J connectivity index is 3.17. The Bertz CT molecular complexity index is 89.8. The van der Waals surface area contributed by atoms with E-state index >= 15 is 0 Å². The quantitative estimate of drug-likeness (QED) is 0.352. The third kappa shape index (κ3) is 5.14. The predicted molar refractivity (Wildman–Crippen MR) is 50.1 cm³/mol. The Labute approximate surface area is 71.6 Å². The minimum absolute atomic E-state index is 0.00452. The number of hydrogen-bond acceptors (Lipinski definition) is 4. The third-order valence-corrected chi connectivity index (χ3v) is 2.68. The lowest BCUT2D eigenvalue weighted by Crippen LogP contribution is -2.29. The molecule has 0 fully saturated rings. The van der Waals surface area contributed by atoms with Crippen LogP contribution in [0.3, 0.4) is 0 Å². The second kappa shape index (κ2) is 7.44. The van der Waals surface area contributed by atoms with Crippen molar-refractivity contribution in [2.45, 2.75) is 6.04 Å². The summed E-state index contributed by atoms with van der Waals surface area (Å²) in [5.74, 6) is 2.73. The van der Waals surface area contributed by atoms with E-state index in [1.807, 2.05) is 0 Å². The molecule has 0 bridgehead atoms. The molecule has 60 valence electrons. The number of likely N-dealkylation sites (N-methyl/N-ethyl adjacent to an activating group) is 1. The summed E-state index contributed by atoms with van der Waals surface area (Å²) in [6, 6.07) is 0.00452. The first-order chi connectivity index (χ1) is 4.85. The summed E-state index contributed by atoms with van der Waals surface area (Å²) in [5, 5.41) is 2.90. The van der Waals surface area contributed by atoms with E-state index in [-0.39, 0.29) is 6.04 Å².